The van der Waals surface area contributed by atoms with Crippen LogP contribution in [0.25, 0.3) is 0 Å². The minimum Gasteiger partial charge on any atom is -0.206 e. The van der Waals surface area contributed by atoms with Crippen molar-refractivity contribution in [3.63, 3.8) is 0 Å². The van der Waals surface area contributed by atoms with Crippen molar-refractivity contribution in [2.75, 3.05) is 5.33 Å². The van der Waals surface area contributed by atoms with Gasteiger partial charge in [0.2, 0.25) is 0 Å². The van der Waals surface area contributed by atoms with Gasteiger partial charge in [0.15, 0.2) is 0 Å². The van der Waals surface area contributed by atoms with Crippen molar-refractivity contribution in [3.8, 4) is 0 Å². The molecule has 0 aromatic carbocycles. The topological polar surface area (TPSA) is 0 Å². The van der Waals surface area contributed by atoms with E-state index in [9.17, 15) is 8.78 Å². The van der Waals surface area contributed by atoms with Gasteiger partial charge in [-0.3, -0.25) is 0 Å². The van der Waals surface area contributed by atoms with Crippen molar-refractivity contribution in [3.05, 3.63) is 0 Å². The van der Waals surface area contributed by atoms with Crippen LogP contribution in [0.4, 0.5) is 8.78 Å². The van der Waals surface area contributed by atoms with Crippen molar-refractivity contribution in [2.24, 2.45) is 23.2 Å². The summed E-state index contributed by atoms with van der Waals surface area (Å²) in [6.45, 7) is 4.27. The van der Waals surface area contributed by atoms with Gasteiger partial charge in [-0.25, -0.2) is 8.78 Å². The molecule has 3 atom stereocenters. The maximum Gasteiger partial charge on any atom is 0.253 e. The predicted octanol–water partition coefficient (Wildman–Crippen LogP) is 4.48. The first-order chi connectivity index (χ1) is 6.85. The number of alkyl halides is 3. The first-order valence-electron chi connectivity index (χ1n) is 5.79. The summed E-state index contributed by atoms with van der Waals surface area (Å²) in [6, 6.07) is 0. The molecule has 0 radical (unpaired) electrons. The largest absolute Gasteiger partial charge is 0.253 e. The number of halogens is 3. The van der Waals surface area contributed by atoms with Gasteiger partial charge in [0.25, 0.3) is 5.92 Å². The van der Waals surface area contributed by atoms with Gasteiger partial charge < -0.3 is 0 Å². The van der Waals surface area contributed by atoms with Gasteiger partial charge in [-0.05, 0) is 37.0 Å². The van der Waals surface area contributed by atoms with E-state index in [1.54, 1.807) is 0 Å². The van der Waals surface area contributed by atoms with E-state index in [0.717, 1.165) is 5.33 Å². The normalized spacial score (nSPS) is 42.6. The van der Waals surface area contributed by atoms with Gasteiger partial charge in [-0.1, -0.05) is 29.8 Å². The second kappa shape index (κ2) is 3.68. The molecule has 88 valence electrons. The molecule has 0 nitrogen and oxygen atoms in total. The third-order valence-electron chi connectivity index (χ3n) is 4.14. The zero-order valence-electron chi connectivity index (χ0n) is 9.40. The molecule has 2 saturated carbocycles. The van der Waals surface area contributed by atoms with Crippen LogP contribution in [0.1, 0.15) is 39.5 Å². The average Bonchev–Trinajstić information content (AvgIpc) is 2.07. The van der Waals surface area contributed by atoms with E-state index in [1.807, 2.05) is 0 Å². The van der Waals surface area contributed by atoms with Crippen LogP contribution in [0.3, 0.4) is 0 Å². The summed E-state index contributed by atoms with van der Waals surface area (Å²) >= 11 is 3.44. The van der Waals surface area contributed by atoms with Crippen molar-refractivity contribution < 1.29 is 8.78 Å². The second-order valence-corrected chi connectivity index (χ2v) is 6.78. The molecular formula is C12H19BrF2. The van der Waals surface area contributed by atoms with Gasteiger partial charge >= 0.3 is 0 Å². The van der Waals surface area contributed by atoms with E-state index >= 15 is 0 Å². The summed E-state index contributed by atoms with van der Waals surface area (Å²) in [6.07, 6.45) is 2.80. The van der Waals surface area contributed by atoms with Gasteiger partial charge in [-0.2, -0.15) is 0 Å². The van der Waals surface area contributed by atoms with E-state index in [4.69, 9.17) is 0 Å². The lowest BCUT2D eigenvalue weighted by Gasteiger charge is -2.51. The van der Waals surface area contributed by atoms with E-state index in [1.165, 1.54) is 0 Å². The van der Waals surface area contributed by atoms with Crippen molar-refractivity contribution >= 4 is 15.9 Å². The van der Waals surface area contributed by atoms with Crippen LogP contribution in [-0.4, -0.2) is 11.3 Å². The molecule has 0 heterocycles. The Morgan fingerprint density at radius 2 is 1.60 bits per heavy atom. The average molecular weight is 281 g/mol. The molecule has 0 amide bonds. The van der Waals surface area contributed by atoms with Crippen molar-refractivity contribution in [1.29, 1.82) is 0 Å². The molecule has 3 heteroatoms. The molecule has 15 heavy (non-hydrogen) atoms. The van der Waals surface area contributed by atoms with Gasteiger partial charge in [0.1, 0.15) is 0 Å². The molecule has 0 spiro atoms. The number of rotatable bonds is 1. The highest BCUT2D eigenvalue weighted by molar-refractivity contribution is 9.09. The zero-order valence-corrected chi connectivity index (χ0v) is 11.0. The van der Waals surface area contributed by atoms with Crippen LogP contribution < -0.4 is 0 Å². The Labute approximate surface area is 98.9 Å². The number of hydrogen-bond acceptors (Lipinski definition) is 0. The maximum absolute atomic E-state index is 14.0. The highest BCUT2D eigenvalue weighted by atomic mass is 79.9. The van der Waals surface area contributed by atoms with Crippen LogP contribution in [0.2, 0.25) is 0 Å². The molecule has 2 fully saturated rings. The molecule has 0 aliphatic heterocycles. The molecule has 0 N–H and O–H groups in total. The third-order valence-corrected chi connectivity index (χ3v) is 5.06. The Bertz CT molecular complexity index is 230. The lowest BCUT2D eigenvalue weighted by Crippen LogP contribution is -2.50. The summed E-state index contributed by atoms with van der Waals surface area (Å²) in [5, 5.41) is 0.885. The van der Waals surface area contributed by atoms with Crippen LogP contribution in [0.5, 0.6) is 0 Å². The second-order valence-electron chi connectivity index (χ2n) is 6.13. The summed E-state index contributed by atoms with van der Waals surface area (Å²) < 4.78 is 27.9. The SMILES string of the molecule is CC1(C)C[C@H]2CC(CBr)C[C@@H](C1)C2(F)F. The molecule has 2 bridgehead atoms. The fourth-order valence-electron chi connectivity index (χ4n) is 3.53. The Kier molecular flexibility index (Phi) is 2.90. The molecule has 0 aromatic rings. The predicted molar refractivity (Wildman–Crippen MR) is 61.5 cm³/mol. The van der Waals surface area contributed by atoms with Crippen LogP contribution in [-0.2, 0) is 0 Å². The molecule has 0 saturated heterocycles. The number of fused-ring (bicyclic) bond motifs is 2. The summed E-state index contributed by atoms with van der Waals surface area (Å²) in [4.78, 5) is 0. The molecule has 2 aliphatic carbocycles. The van der Waals surface area contributed by atoms with E-state index in [-0.39, 0.29) is 17.3 Å². The van der Waals surface area contributed by atoms with Gasteiger partial charge in [0, 0.05) is 17.2 Å². The summed E-state index contributed by atoms with van der Waals surface area (Å²) in [5.41, 5.74) is 0.119. The van der Waals surface area contributed by atoms with E-state index in [2.05, 4.69) is 29.8 Å². The monoisotopic (exact) mass is 280 g/mol. The fraction of sp³-hybridized carbons (Fsp3) is 1.00. The van der Waals surface area contributed by atoms with Crippen molar-refractivity contribution in [1.82, 2.24) is 0 Å². The standard InChI is InChI=1S/C12H19BrF2/c1-11(2)5-9-3-8(7-13)4-10(6-11)12(9,14)15/h8-10H,3-7H2,1-2H3/t8?,9-,10+. The minimum absolute atomic E-state index is 0.119. The Hall–Kier alpha value is 0.340. The smallest absolute Gasteiger partial charge is 0.206 e. The Morgan fingerprint density at radius 3 is 2.00 bits per heavy atom. The zero-order chi connectivity index (χ0) is 11.3. The highest BCUT2D eigenvalue weighted by Crippen LogP contribution is 2.57. The van der Waals surface area contributed by atoms with Crippen LogP contribution >= 0.6 is 15.9 Å². The van der Waals surface area contributed by atoms with Crippen LogP contribution in [0, 0.1) is 23.2 Å². The fourth-order valence-corrected chi connectivity index (χ4v) is 4.06. The Balaban J connectivity index is 2.20. The lowest BCUT2D eigenvalue weighted by atomic mass is 9.58. The summed E-state index contributed by atoms with van der Waals surface area (Å²) in [5.74, 6) is -2.67. The highest BCUT2D eigenvalue weighted by Gasteiger charge is 2.57. The van der Waals surface area contributed by atoms with Crippen LogP contribution in [0.15, 0.2) is 0 Å². The van der Waals surface area contributed by atoms with Gasteiger partial charge in [-0.15, -0.1) is 0 Å². The quantitative estimate of drug-likeness (QED) is 0.622. The van der Waals surface area contributed by atoms with E-state index < -0.39 is 5.92 Å². The Morgan fingerprint density at radius 1 is 1.13 bits per heavy atom. The first-order valence-corrected chi connectivity index (χ1v) is 6.91. The molecule has 0 aromatic heterocycles. The lowest BCUT2D eigenvalue weighted by molar-refractivity contribution is -0.187. The molecule has 2 rings (SSSR count). The third kappa shape index (κ3) is 2.09. The van der Waals surface area contributed by atoms with Crippen molar-refractivity contribution in [2.45, 2.75) is 45.5 Å². The molecular weight excluding hydrogens is 262 g/mol. The molecule has 2 aliphatic rings. The summed E-state index contributed by atoms with van der Waals surface area (Å²) in [7, 11) is 0. The van der Waals surface area contributed by atoms with Gasteiger partial charge in [0.05, 0.1) is 0 Å². The maximum atomic E-state index is 14.0. The first kappa shape index (κ1) is 11.8. The molecule has 1 unspecified atom stereocenters. The number of hydrogen-bond donors (Lipinski definition) is 0. The minimum atomic E-state index is -2.39. The van der Waals surface area contributed by atoms with E-state index in [0.29, 0.717) is 31.6 Å².